The van der Waals surface area contributed by atoms with Crippen molar-refractivity contribution in [1.29, 1.82) is 0 Å². The van der Waals surface area contributed by atoms with E-state index in [9.17, 15) is 24.0 Å². The molecule has 2 aromatic heterocycles. The number of aromatic nitrogens is 2. The second-order valence-corrected chi connectivity index (χ2v) is 4.54. The molecule has 3 rings (SSSR count). The van der Waals surface area contributed by atoms with Crippen molar-refractivity contribution in [3.05, 3.63) is 45.0 Å². The van der Waals surface area contributed by atoms with E-state index in [0.717, 1.165) is 12.1 Å². The zero-order valence-electron chi connectivity index (χ0n) is 10.6. The van der Waals surface area contributed by atoms with E-state index in [-0.39, 0.29) is 28.2 Å². The minimum atomic E-state index is -1.51. The van der Waals surface area contributed by atoms with E-state index < -0.39 is 34.6 Å². The Morgan fingerprint density at radius 3 is 2.09 bits per heavy atom. The molecular formula is C13H6N2O7. The van der Waals surface area contributed by atoms with Crippen LogP contribution >= 0.6 is 0 Å². The molecule has 110 valence electrons. The van der Waals surface area contributed by atoms with Crippen LogP contribution in [0, 0.1) is 0 Å². The molecule has 9 heteroatoms. The van der Waals surface area contributed by atoms with Crippen molar-refractivity contribution in [3.8, 4) is 11.3 Å². The number of rotatable bonds is 2. The van der Waals surface area contributed by atoms with Gasteiger partial charge in [0.25, 0.3) is 11.3 Å². The summed E-state index contributed by atoms with van der Waals surface area (Å²) in [5.41, 5.74) is -2.59. The van der Waals surface area contributed by atoms with Gasteiger partial charge >= 0.3 is 11.9 Å². The number of nitrogens with one attached hydrogen (secondary N) is 2. The maximum atomic E-state index is 12.0. The fraction of sp³-hybridized carbons (Fsp3) is 0. The van der Waals surface area contributed by atoms with Crippen LogP contribution in [0.5, 0.6) is 0 Å². The van der Waals surface area contributed by atoms with Gasteiger partial charge in [-0.3, -0.25) is 14.4 Å². The highest BCUT2D eigenvalue weighted by Gasteiger charge is 2.35. The first kappa shape index (κ1) is 13.5. The number of hydrogen-bond donors (Lipinski definition) is 4. The lowest BCUT2D eigenvalue weighted by molar-refractivity contribution is 0.0682. The van der Waals surface area contributed by atoms with Crippen molar-refractivity contribution < 1.29 is 29.4 Å². The molecule has 9 nitrogen and oxygen atoms in total. The average molecular weight is 302 g/mol. The number of aromatic carboxylic acids is 2. The topological polar surface area (TPSA) is 157 Å². The van der Waals surface area contributed by atoms with Crippen molar-refractivity contribution in [2.24, 2.45) is 0 Å². The summed E-state index contributed by atoms with van der Waals surface area (Å²) in [4.78, 5) is 62.0. The number of H-pyrrole nitrogens is 2. The third-order valence-corrected chi connectivity index (χ3v) is 3.27. The number of carbonyl (C=O) groups is 4. The molecule has 1 aliphatic carbocycles. The number of ketones is 2. The number of hydrogen-bond acceptors (Lipinski definition) is 5. The highest BCUT2D eigenvalue weighted by molar-refractivity contribution is 6.52. The van der Waals surface area contributed by atoms with Crippen LogP contribution in [0.3, 0.4) is 0 Å². The lowest BCUT2D eigenvalue weighted by Crippen LogP contribution is -2.28. The monoisotopic (exact) mass is 302 g/mol. The van der Waals surface area contributed by atoms with Crippen molar-refractivity contribution in [3.63, 3.8) is 0 Å². The van der Waals surface area contributed by atoms with Gasteiger partial charge in [-0.05, 0) is 12.1 Å². The van der Waals surface area contributed by atoms with Gasteiger partial charge < -0.3 is 20.2 Å². The van der Waals surface area contributed by atoms with Gasteiger partial charge in [0.2, 0.25) is 5.78 Å². The summed E-state index contributed by atoms with van der Waals surface area (Å²) < 4.78 is 0. The third kappa shape index (κ3) is 1.69. The quantitative estimate of drug-likeness (QED) is 0.574. The van der Waals surface area contributed by atoms with Crippen LogP contribution in [0.4, 0.5) is 0 Å². The number of carbonyl (C=O) groups excluding carboxylic acids is 2. The Morgan fingerprint density at radius 1 is 0.818 bits per heavy atom. The molecule has 2 aromatic rings. The second kappa shape index (κ2) is 4.25. The zero-order valence-corrected chi connectivity index (χ0v) is 10.6. The van der Waals surface area contributed by atoms with Crippen LogP contribution in [0.15, 0.2) is 16.9 Å². The van der Waals surface area contributed by atoms with Crippen LogP contribution in [0.1, 0.15) is 41.7 Å². The molecule has 0 atom stereocenters. The van der Waals surface area contributed by atoms with E-state index in [1.807, 2.05) is 0 Å². The van der Waals surface area contributed by atoms with E-state index in [2.05, 4.69) is 9.97 Å². The largest absolute Gasteiger partial charge is 0.477 e. The van der Waals surface area contributed by atoms with Crippen molar-refractivity contribution in [2.45, 2.75) is 0 Å². The minimum absolute atomic E-state index is 0.0178. The Balaban J connectivity index is 2.38. The first-order chi connectivity index (χ1) is 10.3. The van der Waals surface area contributed by atoms with E-state index in [1.165, 1.54) is 0 Å². The predicted molar refractivity (Wildman–Crippen MR) is 69.4 cm³/mol. The number of carboxylic acid groups (broad SMARTS) is 2. The zero-order chi connectivity index (χ0) is 16.2. The Kier molecular flexibility index (Phi) is 2.61. The van der Waals surface area contributed by atoms with E-state index in [4.69, 9.17) is 10.2 Å². The maximum Gasteiger partial charge on any atom is 0.352 e. The molecule has 0 saturated heterocycles. The van der Waals surface area contributed by atoms with Crippen LogP contribution in [-0.4, -0.2) is 43.7 Å². The molecule has 1 aliphatic rings. The standard InChI is InChI=1S/C13H6N2O7/c16-9-4-2-6(13(21)22)14-7(4)3-1-5(12(19)20)11(18)15-8(3)10(9)17/h1-2,14H,(H,15,18)(H,19,20)(H,21,22). The van der Waals surface area contributed by atoms with Crippen LogP contribution in [0.2, 0.25) is 0 Å². The molecular weight excluding hydrogens is 296 g/mol. The van der Waals surface area contributed by atoms with Crippen molar-refractivity contribution in [2.75, 3.05) is 0 Å². The van der Waals surface area contributed by atoms with Gasteiger partial charge in [-0.2, -0.15) is 0 Å². The molecule has 0 aromatic carbocycles. The number of carboxylic acids is 2. The Hall–Kier alpha value is -3.49. The van der Waals surface area contributed by atoms with E-state index in [1.54, 1.807) is 0 Å². The minimum Gasteiger partial charge on any atom is -0.477 e. The third-order valence-electron chi connectivity index (χ3n) is 3.27. The summed E-state index contributed by atoms with van der Waals surface area (Å²) >= 11 is 0. The fourth-order valence-corrected chi connectivity index (χ4v) is 2.26. The van der Waals surface area contributed by atoms with Crippen molar-refractivity contribution >= 4 is 23.5 Å². The summed E-state index contributed by atoms with van der Waals surface area (Å²) in [6, 6.07) is 1.92. The van der Waals surface area contributed by atoms with E-state index >= 15 is 0 Å². The molecule has 0 unspecified atom stereocenters. The summed E-state index contributed by atoms with van der Waals surface area (Å²) in [6.07, 6.45) is 0. The lowest BCUT2D eigenvalue weighted by Gasteiger charge is -2.14. The molecule has 4 N–H and O–H groups in total. The summed E-state index contributed by atoms with van der Waals surface area (Å²) in [5.74, 6) is -4.88. The molecule has 0 fully saturated rings. The van der Waals surface area contributed by atoms with Gasteiger partial charge in [-0.15, -0.1) is 0 Å². The molecule has 0 bridgehead atoms. The normalized spacial score (nSPS) is 12.7. The summed E-state index contributed by atoms with van der Waals surface area (Å²) in [7, 11) is 0. The van der Waals surface area contributed by atoms with Crippen molar-refractivity contribution in [1.82, 2.24) is 9.97 Å². The second-order valence-electron chi connectivity index (χ2n) is 4.54. The first-order valence-corrected chi connectivity index (χ1v) is 5.87. The SMILES string of the molecule is O=C(O)c1cc2c([nH]1)-c1cc(C(=O)O)c(=O)[nH]c1C(=O)C2=O. The summed E-state index contributed by atoms with van der Waals surface area (Å²) in [5, 5.41) is 17.9. The van der Waals surface area contributed by atoms with Gasteiger partial charge in [0.1, 0.15) is 17.0 Å². The molecule has 2 heterocycles. The Bertz CT molecular complexity index is 948. The fourth-order valence-electron chi connectivity index (χ4n) is 2.26. The summed E-state index contributed by atoms with van der Waals surface area (Å²) in [6.45, 7) is 0. The molecule has 0 amide bonds. The van der Waals surface area contributed by atoms with Gasteiger partial charge in [-0.1, -0.05) is 0 Å². The number of pyridine rings is 1. The molecule has 0 radical (unpaired) electrons. The van der Waals surface area contributed by atoms with E-state index in [0.29, 0.717) is 0 Å². The lowest BCUT2D eigenvalue weighted by atomic mass is 9.91. The van der Waals surface area contributed by atoms with Gasteiger partial charge in [0.15, 0.2) is 0 Å². The smallest absolute Gasteiger partial charge is 0.352 e. The van der Waals surface area contributed by atoms with Gasteiger partial charge in [-0.25, -0.2) is 9.59 Å². The van der Waals surface area contributed by atoms with Crippen LogP contribution in [0.25, 0.3) is 11.3 Å². The predicted octanol–water partition coefficient (Wildman–Crippen LogP) is 0.145. The highest BCUT2D eigenvalue weighted by atomic mass is 16.4. The first-order valence-electron chi connectivity index (χ1n) is 5.87. The Morgan fingerprint density at radius 2 is 1.50 bits per heavy atom. The molecule has 22 heavy (non-hydrogen) atoms. The Labute approximate surface area is 120 Å². The number of aromatic amines is 2. The number of Topliss-reactive ketones (excluding diaryl/α,β-unsaturated/α-hetero) is 2. The molecule has 0 spiro atoms. The van der Waals surface area contributed by atoms with Crippen LogP contribution < -0.4 is 5.56 Å². The molecule has 0 aliphatic heterocycles. The van der Waals surface area contributed by atoms with Crippen LogP contribution in [-0.2, 0) is 0 Å². The van der Waals surface area contributed by atoms with Gasteiger partial charge in [0, 0.05) is 5.56 Å². The van der Waals surface area contributed by atoms with Gasteiger partial charge in [0.05, 0.1) is 11.3 Å². The maximum absolute atomic E-state index is 12.0. The molecule has 0 saturated carbocycles. The number of fused-ring (bicyclic) bond motifs is 3. The highest BCUT2D eigenvalue weighted by Crippen LogP contribution is 2.32. The average Bonchev–Trinajstić information content (AvgIpc) is 2.89.